The highest BCUT2D eigenvalue weighted by Gasteiger charge is 2.60. The van der Waals surface area contributed by atoms with Crippen LogP contribution >= 0.6 is 11.3 Å². The fourth-order valence-electron chi connectivity index (χ4n) is 9.73. The summed E-state index contributed by atoms with van der Waals surface area (Å²) >= 11 is 0.686. The molecule has 0 saturated heterocycles. The molecule has 5 N–H and O–H groups in total. The molecule has 41 heavy (non-hydrogen) atoms. The topological polar surface area (TPSA) is 164 Å². The molecule has 0 bridgehead atoms. The van der Waals surface area contributed by atoms with Crippen molar-refractivity contribution in [3.05, 3.63) is 0 Å². The predicted molar refractivity (Wildman–Crippen MR) is 157 cm³/mol. The van der Waals surface area contributed by atoms with Gasteiger partial charge in [-0.25, -0.2) is 13.6 Å². The number of rotatable bonds is 9. The minimum atomic E-state index is -3.96. The van der Waals surface area contributed by atoms with Crippen molar-refractivity contribution < 1.29 is 23.1 Å². The van der Waals surface area contributed by atoms with Crippen LogP contribution in [0.3, 0.4) is 0 Å². The number of carbonyl (C=O) groups is 2. The van der Waals surface area contributed by atoms with Crippen LogP contribution in [-0.4, -0.2) is 48.2 Å². The molecule has 4 fully saturated rings. The Labute approximate surface area is 248 Å². The lowest BCUT2D eigenvalue weighted by atomic mass is 9.44. The Kier molecular flexibility index (Phi) is 8.87. The molecule has 0 spiro atoms. The molecule has 2 amide bonds. The summed E-state index contributed by atoms with van der Waals surface area (Å²) in [7, 11) is -3.96. The third kappa shape index (κ3) is 6.21. The van der Waals surface area contributed by atoms with Gasteiger partial charge >= 0.3 is 0 Å². The van der Waals surface area contributed by atoms with E-state index in [9.17, 15) is 23.1 Å². The van der Waals surface area contributed by atoms with Crippen molar-refractivity contribution >= 4 is 38.3 Å². The summed E-state index contributed by atoms with van der Waals surface area (Å²) in [4.78, 5) is 24.8. The maximum absolute atomic E-state index is 12.6. The van der Waals surface area contributed by atoms with Gasteiger partial charge in [-0.1, -0.05) is 32.1 Å². The number of hydrogen-bond acceptors (Lipinski definition) is 8. The first kappa shape index (κ1) is 30.8. The molecule has 1 aromatic rings. The smallest absolute Gasteiger partial charge is 0.267 e. The number of nitrogens with one attached hydrogen (secondary N) is 2. The van der Waals surface area contributed by atoms with Crippen LogP contribution < -0.4 is 15.8 Å². The summed E-state index contributed by atoms with van der Waals surface area (Å²) in [5.74, 6) is 3.74. The van der Waals surface area contributed by atoms with Crippen LogP contribution in [0.5, 0.6) is 0 Å². The van der Waals surface area contributed by atoms with E-state index >= 15 is 0 Å². The Hall–Kier alpha value is -1.63. The number of aliphatic hydroxyl groups excluding tert-OH is 1. The second-order valence-electron chi connectivity index (χ2n) is 13.9. The van der Waals surface area contributed by atoms with Crippen molar-refractivity contribution in [3.8, 4) is 0 Å². The molecule has 10 nitrogen and oxygen atoms in total. The second kappa shape index (κ2) is 11.8. The van der Waals surface area contributed by atoms with Crippen molar-refractivity contribution in [2.24, 2.45) is 51.5 Å². The predicted octanol–water partition coefficient (Wildman–Crippen LogP) is 4.07. The van der Waals surface area contributed by atoms with Gasteiger partial charge in [0.2, 0.25) is 21.3 Å². The largest absolute Gasteiger partial charge is 0.393 e. The standard InChI is InChI=1S/C29H47N5O5S2/c1-17(4-9-24(36)31-15-12-25(37)32-26-33-34-27(40-26)41(30,38)39)21-7-8-22-20-6-5-18-16-19(35)10-13-28(18,2)23(20)11-14-29(21,22)3/h17-23,35H,4-16H2,1-3H3,(H,31,36)(H2,30,38,39)(H,32,33,37)/t17-,18-,19-,20+,21-,22+,23+,28+,29-/m1/s1. The highest BCUT2D eigenvalue weighted by atomic mass is 32.2. The summed E-state index contributed by atoms with van der Waals surface area (Å²) in [6, 6.07) is 0. The molecule has 0 unspecified atom stereocenters. The number of aliphatic hydroxyl groups is 1. The van der Waals surface area contributed by atoms with Crippen LogP contribution in [0.25, 0.3) is 0 Å². The molecule has 5 rings (SSSR count). The molecule has 4 aliphatic carbocycles. The number of carbonyl (C=O) groups excluding carboxylic acids is 2. The van der Waals surface area contributed by atoms with Crippen LogP contribution in [0, 0.1) is 46.3 Å². The molecular formula is C29H47N5O5S2. The van der Waals surface area contributed by atoms with E-state index in [4.69, 9.17) is 5.14 Å². The average Bonchev–Trinajstić information content (AvgIpc) is 3.52. The molecule has 230 valence electrons. The molecule has 0 aromatic carbocycles. The molecule has 0 radical (unpaired) electrons. The Morgan fingerprint density at radius 2 is 1.76 bits per heavy atom. The first-order chi connectivity index (χ1) is 19.3. The van der Waals surface area contributed by atoms with Crippen molar-refractivity contribution in [2.45, 2.75) is 108 Å². The van der Waals surface area contributed by atoms with E-state index in [2.05, 4.69) is 41.6 Å². The molecule has 4 aliphatic rings. The quantitative estimate of drug-likeness (QED) is 0.307. The molecule has 1 aromatic heterocycles. The van der Waals surface area contributed by atoms with E-state index in [0.717, 1.165) is 37.0 Å². The lowest BCUT2D eigenvalue weighted by Crippen LogP contribution is -2.54. The van der Waals surface area contributed by atoms with Crippen LogP contribution in [0.15, 0.2) is 4.34 Å². The van der Waals surface area contributed by atoms with Crippen molar-refractivity contribution in [1.29, 1.82) is 0 Å². The number of nitrogens with two attached hydrogens (primary N) is 1. The van der Waals surface area contributed by atoms with Gasteiger partial charge in [0.25, 0.3) is 10.0 Å². The SMILES string of the molecule is C[C@H](CCC(=O)NCCC(=O)Nc1nnc(S(N)(=O)=O)s1)[C@H]1CC[C@H]2[C@@H]3CC[C@@H]4C[C@H](O)CC[C@]4(C)[C@H]3CC[C@]12C. The lowest BCUT2D eigenvalue weighted by molar-refractivity contribution is -0.129. The van der Waals surface area contributed by atoms with E-state index in [1.54, 1.807) is 0 Å². The lowest BCUT2D eigenvalue weighted by Gasteiger charge is -2.61. The van der Waals surface area contributed by atoms with E-state index in [-0.39, 0.29) is 40.4 Å². The van der Waals surface area contributed by atoms with Gasteiger partial charge in [-0.05, 0) is 111 Å². The maximum atomic E-state index is 12.6. The van der Waals surface area contributed by atoms with Gasteiger partial charge in [-0.2, -0.15) is 0 Å². The summed E-state index contributed by atoms with van der Waals surface area (Å²) in [5.41, 5.74) is 0.744. The highest BCUT2D eigenvalue weighted by Crippen LogP contribution is 2.68. The number of hydrogen-bond donors (Lipinski definition) is 4. The first-order valence-electron chi connectivity index (χ1n) is 15.4. The zero-order valence-electron chi connectivity index (χ0n) is 24.6. The summed E-state index contributed by atoms with van der Waals surface area (Å²) < 4.78 is 22.2. The summed E-state index contributed by atoms with van der Waals surface area (Å²) in [6.45, 7) is 7.61. The fourth-order valence-corrected chi connectivity index (χ4v) is 11.1. The van der Waals surface area contributed by atoms with Crippen LogP contribution in [0.1, 0.15) is 97.8 Å². The zero-order valence-corrected chi connectivity index (χ0v) is 26.2. The van der Waals surface area contributed by atoms with E-state index in [0.29, 0.717) is 46.3 Å². The second-order valence-corrected chi connectivity index (χ2v) is 16.6. The molecule has 0 aliphatic heterocycles. The van der Waals surface area contributed by atoms with Crippen molar-refractivity contribution in [2.75, 3.05) is 11.9 Å². The average molecular weight is 610 g/mol. The normalized spacial score (nSPS) is 37.4. The Morgan fingerprint density at radius 1 is 1.02 bits per heavy atom. The third-order valence-electron chi connectivity index (χ3n) is 11.8. The maximum Gasteiger partial charge on any atom is 0.267 e. The number of aromatic nitrogens is 2. The zero-order chi connectivity index (χ0) is 29.6. The van der Waals surface area contributed by atoms with Crippen LogP contribution in [0.2, 0.25) is 0 Å². The number of anilines is 1. The van der Waals surface area contributed by atoms with Crippen LogP contribution in [0.4, 0.5) is 5.13 Å². The minimum absolute atomic E-state index is 0.0498. The summed E-state index contributed by atoms with van der Waals surface area (Å²) in [5, 5.41) is 27.8. The number of amides is 2. The van der Waals surface area contributed by atoms with Gasteiger partial charge < -0.3 is 15.7 Å². The van der Waals surface area contributed by atoms with E-state index in [1.807, 2.05) is 0 Å². The number of fused-ring (bicyclic) bond motifs is 5. The highest BCUT2D eigenvalue weighted by molar-refractivity contribution is 7.91. The Morgan fingerprint density at radius 3 is 2.49 bits per heavy atom. The molecule has 4 saturated carbocycles. The Bertz CT molecular complexity index is 1240. The van der Waals surface area contributed by atoms with Gasteiger partial charge in [0.15, 0.2) is 0 Å². The fraction of sp³-hybridized carbons (Fsp3) is 0.862. The number of sulfonamides is 1. The van der Waals surface area contributed by atoms with E-state index < -0.39 is 10.0 Å². The number of primary sulfonamides is 1. The van der Waals surface area contributed by atoms with Gasteiger partial charge in [0, 0.05) is 19.4 Å². The van der Waals surface area contributed by atoms with Crippen LogP contribution in [-0.2, 0) is 19.6 Å². The van der Waals surface area contributed by atoms with E-state index in [1.165, 1.54) is 44.9 Å². The monoisotopic (exact) mass is 609 g/mol. The molecule has 12 heteroatoms. The minimum Gasteiger partial charge on any atom is -0.393 e. The molecule has 9 atom stereocenters. The summed E-state index contributed by atoms with van der Waals surface area (Å²) in [6.07, 6.45) is 12.2. The first-order valence-corrected chi connectivity index (χ1v) is 17.8. The van der Waals surface area contributed by atoms with Gasteiger partial charge in [-0.3, -0.25) is 9.59 Å². The van der Waals surface area contributed by atoms with Gasteiger partial charge in [-0.15, -0.1) is 10.2 Å². The molecular weight excluding hydrogens is 562 g/mol. The van der Waals surface area contributed by atoms with Crippen molar-refractivity contribution in [3.63, 3.8) is 0 Å². The van der Waals surface area contributed by atoms with Crippen molar-refractivity contribution in [1.82, 2.24) is 15.5 Å². The molecule has 1 heterocycles. The number of nitrogens with zero attached hydrogens (tertiary/aromatic N) is 2. The Balaban J connectivity index is 1.07. The third-order valence-corrected chi connectivity index (χ3v) is 13.9. The van der Waals surface area contributed by atoms with Gasteiger partial charge in [0.1, 0.15) is 0 Å². The van der Waals surface area contributed by atoms with Gasteiger partial charge in [0.05, 0.1) is 6.10 Å².